The highest BCUT2D eigenvalue weighted by molar-refractivity contribution is 7.99. The van der Waals surface area contributed by atoms with Crippen LogP contribution in [0.3, 0.4) is 0 Å². The standard InChI is InChI=1S/C22H24N2O2S/c1-5-24(17-9-6-8-15(2)12-17)21(25)14-27-20-13-16(3)18-10-7-11-19(26-4)22(18)23-20/h6-13H,5,14H2,1-4H3. The van der Waals surface area contributed by atoms with Gasteiger partial charge in [-0.1, -0.05) is 36.0 Å². The lowest BCUT2D eigenvalue weighted by molar-refractivity contribution is -0.116. The van der Waals surface area contributed by atoms with E-state index in [0.29, 0.717) is 12.3 Å². The third-order valence-electron chi connectivity index (χ3n) is 4.48. The predicted octanol–water partition coefficient (Wildman–Crippen LogP) is 5.01. The van der Waals surface area contributed by atoms with Crippen molar-refractivity contribution in [1.82, 2.24) is 4.98 Å². The summed E-state index contributed by atoms with van der Waals surface area (Å²) in [4.78, 5) is 19.3. The second-order valence-corrected chi connectivity index (χ2v) is 7.40. The maximum atomic E-state index is 12.8. The van der Waals surface area contributed by atoms with Gasteiger partial charge in [-0.15, -0.1) is 0 Å². The number of aryl methyl sites for hydroxylation is 2. The number of pyridine rings is 1. The summed E-state index contributed by atoms with van der Waals surface area (Å²) in [5, 5.41) is 1.90. The highest BCUT2D eigenvalue weighted by atomic mass is 32.2. The summed E-state index contributed by atoms with van der Waals surface area (Å²) in [5.41, 5.74) is 4.04. The smallest absolute Gasteiger partial charge is 0.237 e. The van der Waals surface area contributed by atoms with E-state index in [0.717, 1.165) is 38.5 Å². The summed E-state index contributed by atoms with van der Waals surface area (Å²) in [6.07, 6.45) is 0. The number of fused-ring (bicyclic) bond motifs is 1. The Morgan fingerprint density at radius 3 is 2.63 bits per heavy atom. The number of anilines is 1. The minimum absolute atomic E-state index is 0.0766. The minimum atomic E-state index is 0.0766. The average Bonchev–Trinajstić information content (AvgIpc) is 2.66. The molecule has 0 spiro atoms. The average molecular weight is 381 g/mol. The molecule has 0 aliphatic carbocycles. The number of para-hydroxylation sites is 1. The van der Waals surface area contributed by atoms with E-state index < -0.39 is 0 Å². The van der Waals surface area contributed by atoms with Crippen LogP contribution in [0.15, 0.2) is 53.6 Å². The third kappa shape index (κ3) is 4.25. The molecule has 140 valence electrons. The van der Waals surface area contributed by atoms with Crippen molar-refractivity contribution in [3.63, 3.8) is 0 Å². The molecule has 1 amide bonds. The van der Waals surface area contributed by atoms with E-state index >= 15 is 0 Å². The Morgan fingerprint density at radius 2 is 1.93 bits per heavy atom. The van der Waals surface area contributed by atoms with Gasteiger partial charge in [-0.05, 0) is 56.2 Å². The van der Waals surface area contributed by atoms with Gasteiger partial charge in [-0.3, -0.25) is 4.79 Å². The van der Waals surface area contributed by atoms with Crippen molar-refractivity contribution in [1.29, 1.82) is 0 Å². The number of aromatic nitrogens is 1. The number of thioether (sulfide) groups is 1. The second kappa shape index (κ2) is 8.44. The first kappa shape index (κ1) is 19.2. The van der Waals surface area contributed by atoms with Crippen LogP contribution in [0.2, 0.25) is 0 Å². The Morgan fingerprint density at radius 1 is 1.15 bits per heavy atom. The first-order valence-corrected chi connectivity index (χ1v) is 9.96. The fourth-order valence-corrected chi connectivity index (χ4v) is 3.96. The summed E-state index contributed by atoms with van der Waals surface area (Å²) >= 11 is 1.46. The van der Waals surface area contributed by atoms with Crippen molar-refractivity contribution in [3.8, 4) is 5.75 Å². The van der Waals surface area contributed by atoms with E-state index in [1.807, 2.05) is 67.3 Å². The Hall–Kier alpha value is -2.53. The first-order valence-electron chi connectivity index (χ1n) is 8.97. The van der Waals surface area contributed by atoms with Crippen LogP contribution in [-0.4, -0.2) is 30.3 Å². The molecule has 0 atom stereocenters. The van der Waals surface area contributed by atoms with Crippen LogP contribution in [0.1, 0.15) is 18.1 Å². The maximum absolute atomic E-state index is 12.8. The van der Waals surface area contributed by atoms with Gasteiger partial charge >= 0.3 is 0 Å². The highest BCUT2D eigenvalue weighted by Crippen LogP contribution is 2.30. The summed E-state index contributed by atoms with van der Waals surface area (Å²) in [6, 6.07) is 16.0. The van der Waals surface area contributed by atoms with Crippen LogP contribution < -0.4 is 9.64 Å². The third-order valence-corrected chi connectivity index (χ3v) is 5.38. The Labute approximate surface area is 164 Å². The number of amides is 1. The molecule has 1 heterocycles. The first-order chi connectivity index (χ1) is 13.0. The lowest BCUT2D eigenvalue weighted by Gasteiger charge is -2.21. The van der Waals surface area contributed by atoms with Crippen molar-refractivity contribution in [2.24, 2.45) is 0 Å². The molecule has 0 radical (unpaired) electrons. The van der Waals surface area contributed by atoms with Crippen LogP contribution in [-0.2, 0) is 4.79 Å². The van der Waals surface area contributed by atoms with Crippen LogP contribution in [0.4, 0.5) is 5.69 Å². The molecule has 5 heteroatoms. The van der Waals surface area contributed by atoms with E-state index in [1.165, 1.54) is 11.8 Å². The van der Waals surface area contributed by atoms with Gasteiger partial charge in [0.1, 0.15) is 11.3 Å². The molecule has 0 N–H and O–H groups in total. The summed E-state index contributed by atoms with van der Waals surface area (Å²) in [6.45, 7) is 6.72. The van der Waals surface area contributed by atoms with Crippen molar-refractivity contribution >= 4 is 34.3 Å². The van der Waals surface area contributed by atoms with Crippen molar-refractivity contribution in [2.45, 2.75) is 25.8 Å². The lowest BCUT2D eigenvalue weighted by Crippen LogP contribution is -2.32. The summed E-state index contributed by atoms with van der Waals surface area (Å²) in [5.74, 6) is 1.17. The molecular weight excluding hydrogens is 356 g/mol. The SMILES string of the molecule is CCN(C(=O)CSc1cc(C)c2cccc(OC)c2n1)c1cccc(C)c1. The van der Waals surface area contributed by atoms with Gasteiger partial charge in [-0.25, -0.2) is 4.98 Å². The lowest BCUT2D eigenvalue weighted by atomic mass is 10.1. The van der Waals surface area contributed by atoms with E-state index in [-0.39, 0.29) is 5.91 Å². The maximum Gasteiger partial charge on any atom is 0.237 e. The highest BCUT2D eigenvalue weighted by Gasteiger charge is 2.15. The van der Waals surface area contributed by atoms with Crippen LogP contribution in [0, 0.1) is 13.8 Å². The normalized spacial score (nSPS) is 10.8. The number of rotatable bonds is 6. The zero-order chi connectivity index (χ0) is 19.4. The van der Waals surface area contributed by atoms with Gasteiger partial charge in [0.05, 0.1) is 17.9 Å². The van der Waals surface area contributed by atoms with E-state index in [1.54, 1.807) is 7.11 Å². The fourth-order valence-electron chi connectivity index (χ4n) is 3.11. The molecule has 0 bridgehead atoms. The fraction of sp³-hybridized carbons (Fsp3) is 0.273. The van der Waals surface area contributed by atoms with Crippen molar-refractivity contribution < 1.29 is 9.53 Å². The van der Waals surface area contributed by atoms with Gasteiger partial charge in [-0.2, -0.15) is 0 Å². The molecule has 27 heavy (non-hydrogen) atoms. The minimum Gasteiger partial charge on any atom is -0.494 e. The van der Waals surface area contributed by atoms with Gasteiger partial charge in [0.15, 0.2) is 0 Å². The molecule has 4 nitrogen and oxygen atoms in total. The summed E-state index contributed by atoms with van der Waals surface area (Å²) in [7, 11) is 1.65. The molecule has 3 aromatic rings. The molecule has 0 saturated carbocycles. The zero-order valence-electron chi connectivity index (χ0n) is 16.2. The monoisotopic (exact) mass is 380 g/mol. The molecule has 0 aliphatic heterocycles. The number of nitrogens with zero attached hydrogens (tertiary/aromatic N) is 2. The van der Waals surface area contributed by atoms with E-state index in [4.69, 9.17) is 9.72 Å². The van der Waals surface area contributed by atoms with Gasteiger partial charge in [0.2, 0.25) is 5.91 Å². The Kier molecular flexibility index (Phi) is 6.01. The second-order valence-electron chi connectivity index (χ2n) is 6.40. The van der Waals surface area contributed by atoms with Crippen LogP contribution in [0.5, 0.6) is 5.75 Å². The number of hydrogen-bond donors (Lipinski definition) is 0. The molecule has 0 aliphatic rings. The van der Waals surface area contributed by atoms with Crippen LogP contribution in [0.25, 0.3) is 10.9 Å². The van der Waals surface area contributed by atoms with Gasteiger partial charge in [0.25, 0.3) is 0 Å². The molecular formula is C22H24N2O2S. The number of carbonyl (C=O) groups excluding carboxylic acids is 1. The number of benzene rings is 2. The number of ether oxygens (including phenoxy) is 1. The van der Waals surface area contributed by atoms with E-state index in [9.17, 15) is 4.79 Å². The molecule has 2 aromatic carbocycles. The largest absolute Gasteiger partial charge is 0.494 e. The van der Waals surface area contributed by atoms with Crippen LogP contribution >= 0.6 is 11.8 Å². The number of hydrogen-bond acceptors (Lipinski definition) is 4. The van der Waals surface area contributed by atoms with Gasteiger partial charge in [0, 0.05) is 17.6 Å². The molecule has 0 fully saturated rings. The number of carbonyl (C=O) groups is 1. The Bertz CT molecular complexity index is 972. The zero-order valence-corrected chi connectivity index (χ0v) is 17.0. The molecule has 3 rings (SSSR count). The topological polar surface area (TPSA) is 42.4 Å². The predicted molar refractivity (Wildman–Crippen MR) is 113 cm³/mol. The molecule has 0 unspecified atom stereocenters. The van der Waals surface area contributed by atoms with Crippen molar-refractivity contribution in [2.75, 3.05) is 24.3 Å². The summed E-state index contributed by atoms with van der Waals surface area (Å²) < 4.78 is 5.44. The Balaban J connectivity index is 1.80. The van der Waals surface area contributed by atoms with E-state index in [2.05, 4.69) is 6.92 Å². The quantitative estimate of drug-likeness (QED) is 0.564. The number of methoxy groups -OCH3 is 1. The van der Waals surface area contributed by atoms with Crippen molar-refractivity contribution in [3.05, 3.63) is 59.7 Å². The van der Waals surface area contributed by atoms with Gasteiger partial charge < -0.3 is 9.64 Å². The molecule has 1 aromatic heterocycles. The molecule has 0 saturated heterocycles.